The zero-order valence-corrected chi connectivity index (χ0v) is 17.4. The van der Waals surface area contributed by atoms with Gasteiger partial charge in [0.05, 0.1) is 11.1 Å². The van der Waals surface area contributed by atoms with Crippen molar-refractivity contribution in [1.29, 1.82) is 0 Å². The molecule has 1 spiro atoms. The van der Waals surface area contributed by atoms with Crippen LogP contribution in [-0.2, 0) is 16.8 Å². The maximum Gasteiger partial charge on any atom is 0.0703 e. The van der Waals surface area contributed by atoms with E-state index >= 15 is 0 Å². The third-order valence-electron chi connectivity index (χ3n) is 7.47. The van der Waals surface area contributed by atoms with Gasteiger partial charge in [0.15, 0.2) is 0 Å². The fourth-order valence-electron chi connectivity index (χ4n) is 5.98. The van der Waals surface area contributed by atoms with Crippen molar-refractivity contribution in [3.63, 3.8) is 0 Å². The molecule has 1 atom stereocenters. The largest absolute Gasteiger partial charge is 0.375 e. The molecular weight excluding hydrogens is 358 g/mol. The van der Waals surface area contributed by atoms with Crippen LogP contribution in [0.3, 0.4) is 0 Å². The molecule has 1 aromatic heterocycles. The summed E-state index contributed by atoms with van der Waals surface area (Å²) in [6, 6.07) is 15.5. The number of piperazine rings is 1. The van der Waals surface area contributed by atoms with E-state index in [1.165, 1.54) is 36.8 Å². The lowest BCUT2D eigenvalue weighted by molar-refractivity contribution is -0.145. The molecule has 1 aromatic carbocycles. The van der Waals surface area contributed by atoms with Crippen LogP contribution in [-0.4, -0.2) is 53.2 Å². The topological polar surface area (TPSA) is 28.6 Å². The lowest BCUT2D eigenvalue weighted by Crippen LogP contribution is -2.60. The quantitative estimate of drug-likeness (QED) is 0.780. The summed E-state index contributed by atoms with van der Waals surface area (Å²) < 4.78 is 6.45. The van der Waals surface area contributed by atoms with Crippen LogP contribution < -0.4 is 0 Å². The lowest BCUT2D eigenvalue weighted by Gasteiger charge is -2.54. The van der Waals surface area contributed by atoms with Crippen molar-refractivity contribution >= 4 is 0 Å². The summed E-state index contributed by atoms with van der Waals surface area (Å²) in [6.07, 6.45) is 11.3. The Hall–Kier alpha value is -1.75. The van der Waals surface area contributed by atoms with E-state index in [2.05, 4.69) is 51.2 Å². The molecule has 29 heavy (non-hydrogen) atoms. The Morgan fingerprint density at radius 3 is 2.41 bits per heavy atom. The molecular formula is C25H33N3O. The van der Waals surface area contributed by atoms with Crippen LogP contribution in [0.1, 0.15) is 49.7 Å². The molecule has 1 saturated carbocycles. The number of hydrogen-bond donors (Lipinski definition) is 0. The van der Waals surface area contributed by atoms with Gasteiger partial charge in [0.2, 0.25) is 0 Å². The number of nitrogens with zero attached hydrogens (tertiary/aromatic N) is 3. The first-order valence-corrected chi connectivity index (χ1v) is 11.3. The van der Waals surface area contributed by atoms with Crippen molar-refractivity contribution in [3.8, 4) is 0 Å². The highest BCUT2D eigenvalue weighted by atomic mass is 16.5. The molecule has 4 heteroatoms. The molecule has 2 aliphatic heterocycles. The first-order valence-electron chi connectivity index (χ1n) is 11.3. The second kappa shape index (κ2) is 8.17. The summed E-state index contributed by atoms with van der Waals surface area (Å²) in [4.78, 5) is 9.66. The van der Waals surface area contributed by atoms with Crippen molar-refractivity contribution in [2.75, 3.05) is 32.8 Å². The van der Waals surface area contributed by atoms with Gasteiger partial charge in [-0.3, -0.25) is 14.8 Å². The van der Waals surface area contributed by atoms with Crippen molar-refractivity contribution in [2.24, 2.45) is 0 Å². The smallest absolute Gasteiger partial charge is 0.0703 e. The van der Waals surface area contributed by atoms with Crippen LogP contribution in [0.5, 0.6) is 0 Å². The Morgan fingerprint density at radius 1 is 0.897 bits per heavy atom. The van der Waals surface area contributed by atoms with E-state index in [0.29, 0.717) is 0 Å². The van der Waals surface area contributed by atoms with Gasteiger partial charge in [0.1, 0.15) is 0 Å². The number of pyridine rings is 1. The standard InChI is InChI=1S/C25H33N3O/c1-2-8-23(9-3-1)25(12-18-29-24(21-25)10-4-5-11-24)28-16-14-27(15-17-28)20-22-7-6-13-26-19-22/h1-3,6-9,13,19H,4-5,10-12,14-18,20-21H2. The number of hydrogen-bond acceptors (Lipinski definition) is 4. The Bertz CT molecular complexity index is 782. The number of benzene rings is 1. The van der Waals surface area contributed by atoms with Crippen LogP contribution in [0.25, 0.3) is 0 Å². The van der Waals surface area contributed by atoms with Crippen LogP contribution in [0, 0.1) is 0 Å². The summed E-state index contributed by atoms with van der Waals surface area (Å²) in [6.45, 7) is 6.41. The molecule has 154 valence electrons. The maximum absolute atomic E-state index is 6.45. The molecule has 0 radical (unpaired) electrons. The summed E-state index contributed by atoms with van der Waals surface area (Å²) >= 11 is 0. The lowest BCUT2D eigenvalue weighted by atomic mass is 9.73. The normalized spacial score (nSPS) is 28.0. The molecule has 3 fully saturated rings. The molecule has 5 rings (SSSR count). The molecule has 4 nitrogen and oxygen atoms in total. The van der Waals surface area contributed by atoms with Gasteiger partial charge in [-0.15, -0.1) is 0 Å². The maximum atomic E-state index is 6.45. The third-order valence-corrected chi connectivity index (χ3v) is 7.47. The highest BCUT2D eigenvalue weighted by molar-refractivity contribution is 5.27. The van der Waals surface area contributed by atoms with Crippen LogP contribution in [0.2, 0.25) is 0 Å². The Kier molecular flexibility index (Phi) is 5.42. The summed E-state index contributed by atoms with van der Waals surface area (Å²) in [5, 5.41) is 0. The first kappa shape index (κ1) is 19.2. The second-order valence-corrected chi connectivity index (χ2v) is 9.19. The van der Waals surface area contributed by atoms with Gasteiger partial charge in [0, 0.05) is 51.7 Å². The molecule has 1 unspecified atom stereocenters. The second-order valence-electron chi connectivity index (χ2n) is 9.19. The van der Waals surface area contributed by atoms with Gasteiger partial charge in [0.25, 0.3) is 0 Å². The minimum Gasteiger partial charge on any atom is -0.375 e. The fourth-order valence-corrected chi connectivity index (χ4v) is 5.98. The molecule has 0 amide bonds. The molecule has 0 N–H and O–H groups in total. The average Bonchev–Trinajstić information content (AvgIpc) is 3.23. The van der Waals surface area contributed by atoms with Crippen LogP contribution in [0.4, 0.5) is 0 Å². The molecule has 1 aliphatic carbocycles. The number of rotatable bonds is 4. The number of aromatic nitrogens is 1. The van der Waals surface area contributed by atoms with Gasteiger partial charge in [-0.05, 0) is 42.9 Å². The van der Waals surface area contributed by atoms with Gasteiger partial charge in [-0.2, -0.15) is 0 Å². The van der Waals surface area contributed by atoms with E-state index in [1.54, 1.807) is 0 Å². The zero-order chi connectivity index (χ0) is 19.6. The van der Waals surface area contributed by atoms with E-state index in [4.69, 9.17) is 4.74 Å². The van der Waals surface area contributed by atoms with Crippen molar-refractivity contribution in [3.05, 3.63) is 66.0 Å². The van der Waals surface area contributed by atoms with Crippen molar-refractivity contribution in [2.45, 2.75) is 56.2 Å². The highest BCUT2D eigenvalue weighted by Crippen LogP contribution is 2.50. The third kappa shape index (κ3) is 3.86. The predicted molar refractivity (Wildman–Crippen MR) is 116 cm³/mol. The van der Waals surface area contributed by atoms with E-state index in [9.17, 15) is 0 Å². The molecule has 0 bridgehead atoms. The van der Waals surface area contributed by atoms with Crippen LogP contribution in [0.15, 0.2) is 54.9 Å². The van der Waals surface area contributed by atoms with Crippen LogP contribution >= 0.6 is 0 Å². The van der Waals surface area contributed by atoms with E-state index < -0.39 is 0 Å². The van der Waals surface area contributed by atoms with Crippen molar-refractivity contribution in [1.82, 2.24) is 14.8 Å². The van der Waals surface area contributed by atoms with Gasteiger partial charge in [-0.25, -0.2) is 0 Å². The molecule has 2 saturated heterocycles. The summed E-state index contributed by atoms with van der Waals surface area (Å²) in [5.41, 5.74) is 3.05. The monoisotopic (exact) mass is 391 g/mol. The minimum atomic E-state index is 0.112. The summed E-state index contributed by atoms with van der Waals surface area (Å²) in [5.74, 6) is 0. The Labute approximate surface area is 174 Å². The van der Waals surface area contributed by atoms with Crippen molar-refractivity contribution < 1.29 is 4.74 Å². The zero-order valence-electron chi connectivity index (χ0n) is 17.4. The summed E-state index contributed by atoms with van der Waals surface area (Å²) in [7, 11) is 0. The fraction of sp³-hybridized carbons (Fsp3) is 0.560. The Morgan fingerprint density at radius 2 is 1.69 bits per heavy atom. The van der Waals surface area contributed by atoms with Gasteiger partial charge >= 0.3 is 0 Å². The van der Waals surface area contributed by atoms with E-state index in [0.717, 1.165) is 52.2 Å². The molecule has 3 heterocycles. The molecule has 3 aliphatic rings. The van der Waals surface area contributed by atoms with E-state index in [-0.39, 0.29) is 11.1 Å². The Balaban J connectivity index is 1.35. The first-order chi connectivity index (χ1) is 14.3. The minimum absolute atomic E-state index is 0.112. The highest BCUT2D eigenvalue weighted by Gasteiger charge is 2.51. The number of ether oxygens (including phenoxy) is 1. The average molecular weight is 392 g/mol. The SMILES string of the molecule is c1ccc(C2(N3CCN(Cc4cccnc4)CC3)CCOC3(CCCC3)C2)cc1. The van der Waals surface area contributed by atoms with E-state index in [1.807, 2.05) is 18.5 Å². The molecule has 2 aromatic rings. The van der Waals surface area contributed by atoms with Gasteiger partial charge in [-0.1, -0.05) is 49.2 Å². The van der Waals surface area contributed by atoms with Gasteiger partial charge < -0.3 is 4.74 Å². The predicted octanol–water partition coefficient (Wildman–Crippen LogP) is 4.22.